The molecule has 0 unspecified atom stereocenters. The number of thiophene rings is 1. The Morgan fingerprint density at radius 3 is 2.35 bits per heavy atom. The van der Waals surface area contributed by atoms with E-state index in [1.54, 1.807) is 36.5 Å². The van der Waals surface area contributed by atoms with Crippen molar-refractivity contribution in [1.29, 1.82) is 0 Å². The summed E-state index contributed by atoms with van der Waals surface area (Å²) < 4.78 is 21.9. The van der Waals surface area contributed by atoms with Crippen molar-refractivity contribution in [3.8, 4) is 21.9 Å². The minimum absolute atomic E-state index is 0.0124. The number of carbonyl (C=O) groups excluding carboxylic acids is 2. The van der Waals surface area contributed by atoms with Crippen LogP contribution in [0.4, 0.5) is 15.8 Å². The van der Waals surface area contributed by atoms with Gasteiger partial charge in [0.2, 0.25) is 11.8 Å². The van der Waals surface area contributed by atoms with Gasteiger partial charge in [-0.1, -0.05) is 42.5 Å². The molecule has 5 aromatic rings. The fourth-order valence-corrected chi connectivity index (χ4v) is 6.61. The highest BCUT2D eigenvalue weighted by Gasteiger charge is 2.16. The third kappa shape index (κ3) is 8.81. The standard InChI is InChI=1S/C37H39FN6O3S/c1-42-16-19-44(20-17-42)21-18-43(2)25-26-8-10-27(11-9-26)34-23-31-37(48-34)33(14-15-39-31)47-32-13-12-29(22-30(32)38)41-36(46)24-35(45)40-28-6-4-3-5-7-28/h3-15,22-23H,16-21,24-25H2,1-2H3,(H,40,45)(H,41,46). The first-order valence-corrected chi connectivity index (χ1v) is 16.8. The van der Waals surface area contributed by atoms with Crippen LogP contribution >= 0.6 is 11.3 Å². The van der Waals surface area contributed by atoms with Crippen LogP contribution in [0.25, 0.3) is 20.7 Å². The average molecular weight is 667 g/mol. The number of aromatic nitrogens is 1. The van der Waals surface area contributed by atoms with Crippen molar-refractivity contribution >= 4 is 44.7 Å². The molecule has 3 heterocycles. The first-order valence-electron chi connectivity index (χ1n) is 16.0. The number of carbonyl (C=O) groups is 2. The molecule has 0 atom stereocenters. The molecular weight excluding hydrogens is 628 g/mol. The maximum Gasteiger partial charge on any atom is 0.233 e. The lowest BCUT2D eigenvalue weighted by Crippen LogP contribution is -2.46. The van der Waals surface area contributed by atoms with E-state index < -0.39 is 24.1 Å². The molecule has 0 aliphatic carbocycles. The zero-order valence-electron chi connectivity index (χ0n) is 27.1. The van der Waals surface area contributed by atoms with Crippen molar-refractivity contribution in [2.45, 2.75) is 13.0 Å². The number of nitrogens with zero attached hydrogens (tertiary/aromatic N) is 4. The number of piperazine rings is 1. The van der Waals surface area contributed by atoms with Gasteiger partial charge in [-0.3, -0.25) is 19.5 Å². The fourth-order valence-electron chi connectivity index (χ4n) is 5.54. The molecule has 11 heteroatoms. The number of anilines is 2. The van der Waals surface area contributed by atoms with Gasteiger partial charge >= 0.3 is 0 Å². The maximum absolute atomic E-state index is 15.1. The summed E-state index contributed by atoms with van der Waals surface area (Å²) >= 11 is 1.54. The normalized spacial score (nSPS) is 13.9. The van der Waals surface area contributed by atoms with E-state index in [9.17, 15) is 9.59 Å². The van der Waals surface area contributed by atoms with Gasteiger partial charge in [0.1, 0.15) is 12.2 Å². The average Bonchev–Trinajstić information content (AvgIpc) is 3.52. The number of benzene rings is 3. The van der Waals surface area contributed by atoms with Crippen LogP contribution in [0.15, 0.2) is 91.1 Å². The number of halogens is 1. The summed E-state index contributed by atoms with van der Waals surface area (Å²) in [5, 5.41) is 5.22. The van der Waals surface area contributed by atoms with Crippen LogP contribution in [0.2, 0.25) is 0 Å². The van der Waals surface area contributed by atoms with Gasteiger partial charge in [0, 0.05) is 80.4 Å². The van der Waals surface area contributed by atoms with E-state index >= 15 is 4.39 Å². The summed E-state index contributed by atoms with van der Waals surface area (Å²) in [6.07, 6.45) is 1.24. The van der Waals surface area contributed by atoms with Gasteiger partial charge in [-0.15, -0.1) is 11.3 Å². The number of ether oxygens (including phenoxy) is 1. The number of para-hydroxylation sites is 1. The van der Waals surface area contributed by atoms with Crippen LogP contribution < -0.4 is 15.4 Å². The lowest BCUT2D eigenvalue weighted by molar-refractivity contribution is -0.123. The molecule has 0 bridgehead atoms. The summed E-state index contributed by atoms with van der Waals surface area (Å²) in [5.41, 5.74) is 3.92. The molecular formula is C37H39FN6O3S. The van der Waals surface area contributed by atoms with Crippen LogP contribution in [0.3, 0.4) is 0 Å². The van der Waals surface area contributed by atoms with Crippen LogP contribution in [-0.2, 0) is 16.1 Å². The molecule has 9 nitrogen and oxygen atoms in total. The quantitative estimate of drug-likeness (QED) is 0.146. The van der Waals surface area contributed by atoms with Gasteiger partial charge in [0.05, 0.1) is 10.2 Å². The Hall–Kier alpha value is -4.68. The topological polar surface area (TPSA) is 90.0 Å². The number of nitrogens with one attached hydrogen (secondary N) is 2. The number of likely N-dealkylation sites (N-methyl/N-ethyl adjacent to an activating group) is 2. The summed E-state index contributed by atoms with van der Waals surface area (Å²) in [4.78, 5) is 37.4. The van der Waals surface area contributed by atoms with E-state index in [1.165, 1.54) is 35.1 Å². The second-order valence-electron chi connectivity index (χ2n) is 12.1. The SMILES string of the molecule is CN1CCN(CCN(C)Cc2ccc(-c3cc4nccc(Oc5ccc(NC(=O)CC(=O)Nc6ccccc6)cc5F)c4s3)cc2)CC1. The molecule has 1 fully saturated rings. The number of hydrogen-bond donors (Lipinski definition) is 2. The fraction of sp³-hybridized carbons (Fsp3) is 0.270. The highest BCUT2D eigenvalue weighted by molar-refractivity contribution is 7.22. The van der Waals surface area contributed by atoms with E-state index in [-0.39, 0.29) is 11.4 Å². The number of rotatable bonds is 12. The van der Waals surface area contributed by atoms with Gasteiger partial charge < -0.3 is 25.2 Å². The minimum atomic E-state index is -0.646. The summed E-state index contributed by atoms with van der Waals surface area (Å²) in [6, 6.07) is 25.4. The second kappa shape index (κ2) is 15.5. The van der Waals surface area contributed by atoms with Crippen LogP contribution in [0.5, 0.6) is 11.5 Å². The first-order chi connectivity index (χ1) is 23.3. The summed E-state index contributed by atoms with van der Waals surface area (Å²) in [7, 11) is 4.35. The smallest absolute Gasteiger partial charge is 0.233 e. The Morgan fingerprint density at radius 1 is 0.896 bits per heavy atom. The third-order valence-corrected chi connectivity index (χ3v) is 9.46. The molecule has 0 spiro atoms. The Balaban J connectivity index is 1.05. The van der Waals surface area contributed by atoms with Gasteiger partial charge in [-0.2, -0.15) is 0 Å². The van der Waals surface area contributed by atoms with Gasteiger partial charge in [0.15, 0.2) is 11.6 Å². The Morgan fingerprint density at radius 2 is 1.62 bits per heavy atom. The van der Waals surface area contributed by atoms with Crippen LogP contribution in [0.1, 0.15) is 12.0 Å². The first kappa shape index (κ1) is 33.2. The molecule has 2 aromatic heterocycles. The Labute approximate surface area is 283 Å². The monoisotopic (exact) mass is 666 g/mol. The Bertz CT molecular complexity index is 1860. The van der Waals surface area contributed by atoms with Crippen molar-refractivity contribution in [2.75, 3.05) is 64.0 Å². The van der Waals surface area contributed by atoms with E-state index in [0.29, 0.717) is 11.4 Å². The largest absolute Gasteiger partial charge is 0.453 e. The molecule has 1 aliphatic rings. The minimum Gasteiger partial charge on any atom is -0.453 e. The van der Waals surface area contributed by atoms with Crippen LogP contribution in [-0.4, -0.2) is 84.9 Å². The maximum atomic E-state index is 15.1. The predicted molar refractivity (Wildman–Crippen MR) is 190 cm³/mol. The van der Waals surface area contributed by atoms with E-state index in [2.05, 4.69) is 68.7 Å². The Kier molecular flexibility index (Phi) is 10.7. The molecule has 48 heavy (non-hydrogen) atoms. The summed E-state index contributed by atoms with van der Waals surface area (Å²) in [5.74, 6) is -1.17. The third-order valence-electron chi connectivity index (χ3n) is 8.27. The van der Waals surface area contributed by atoms with Crippen molar-refractivity contribution in [3.05, 3.63) is 103 Å². The number of fused-ring (bicyclic) bond motifs is 1. The highest BCUT2D eigenvalue weighted by Crippen LogP contribution is 2.40. The number of pyridine rings is 1. The zero-order chi connectivity index (χ0) is 33.5. The number of amides is 2. The number of hydrogen-bond acceptors (Lipinski definition) is 8. The van der Waals surface area contributed by atoms with E-state index in [0.717, 1.165) is 66.5 Å². The van der Waals surface area contributed by atoms with E-state index in [1.807, 2.05) is 12.1 Å². The van der Waals surface area contributed by atoms with Gasteiger partial charge in [-0.05, 0) is 55.6 Å². The summed E-state index contributed by atoms with van der Waals surface area (Å²) in [6.45, 7) is 7.54. The lowest BCUT2D eigenvalue weighted by Gasteiger charge is -2.33. The zero-order valence-corrected chi connectivity index (χ0v) is 27.9. The molecule has 248 valence electrons. The molecule has 1 saturated heterocycles. The molecule has 6 rings (SSSR count). The van der Waals surface area contributed by atoms with Crippen LogP contribution in [0, 0.1) is 5.82 Å². The highest BCUT2D eigenvalue weighted by atomic mass is 32.1. The molecule has 2 N–H and O–H groups in total. The van der Waals surface area contributed by atoms with Crippen molar-refractivity contribution in [1.82, 2.24) is 19.7 Å². The molecule has 1 aliphatic heterocycles. The molecule has 0 radical (unpaired) electrons. The van der Waals surface area contributed by atoms with E-state index in [4.69, 9.17) is 4.74 Å². The second-order valence-corrected chi connectivity index (χ2v) is 13.2. The predicted octanol–water partition coefficient (Wildman–Crippen LogP) is 6.54. The van der Waals surface area contributed by atoms with Crippen molar-refractivity contribution < 1.29 is 18.7 Å². The molecule has 0 saturated carbocycles. The van der Waals surface area contributed by atoms with Crippen molar-refractivity contribution in [3.63, 3.8) is 0 Å². The molecule has 2 amide bonds. The van der Waals surface area contributed by atoms with Gasteiger partial charge in [-0.25, -0.2) is 4.39 Å². The van der Waals surface area contributed by atoms with Gasteiger partial charge in [0.25, 0.3) is 0 Å². The molecule has 3 aromatic carbocycles. The van der Waals surface area contributed by atoms with Crippen molar-refractivity contribution in [2.24, 2.45) is 0 Å². The lowest BCUT2D eigenvalue weighted by atomic mass is 10.1.